The van der Waals surface area contributed by atoms with Crippen molar-refractivity contribution in [1.82, 2.24) is 0 Å². The lowest BCUT2D eigenvalue weighted by atomic mass is 10.2. The fourth-order valence-corrected chi connectivity index (χ4v) is 2.29. The first-order valence-corrected chi connectivity index (χ1v) is 5.92. The minimum Gasteiger partial charge on any atom is -0.506 e. The second-order valence-corrected chi connectivity index (χ2v) is 5.29. The van der Waals surface area contributed by atoms with Crippen LogP contribution >= 0.6 is 22.3 Å². The zero-order valence-electron chi connectivity index (χ0n) is 6.53. The Morgan fingerprint density at radius 2 is 2.00 bits per heavy atom. The molecule has 0 saturated heterocycles. The molecule has 74 valence electrons. The van der Waals surface area contributed by atoms with Crippen molar-refractivity contribution in [3.05, 3.63) is 22.7 Å². The predicted molar refractivity (Wildman–Crippen MR) is 50.9 cm³/mol. The molecule has 0 saturated carbocycles. The van der Waals surface area contributed by atoms with E-state index in [4.69, 9.17) is 27.5 Å². The van der Waals surface area contributed by atoms with Crippen LogP contribution in [0.5, 0.6) is 5.75 Å². The maximum Gasteiger partial charge on any atom is 0.266 e. The van der Waals surface area contributed by atoms with Crippen LogP contribution < -0.4 is 0 Å². The van der Waals surface area contributed by atoms with Gasteiger partial charge in [-0.2, -0.15) is 5.26 Å². The summed E-state index contributed by atoms with van der Waals surface area (Å²) in [5.41, 5.74) is -0.287. The van der Waals surface area contributed by atoms with Crippen LogP contribution in [0.4, 0.5) is 0 Å². The van der Waals surface area contributed by atoms with Gasteiger partial charge in [0.05, 0.1) is 5.56 Å². The Morgan fingerprint density at radius 3 is 2.43 bits per heavy atom. The zero-order chi connectivity index (χ0) is 10.9. The van der Waals surface area contributed by atoms with E-state index in [0.29, 0.717) is 0 Å². The quantitative estimate of drug-likeness (QED) is 0.773. The molecule has 0 unspecified atom stereocenters. The van der Waals surface area contributed by atoms with Crippen molar-refractivity contribution < 1.29 is 13.5 Å². The standard InChI is InChI=1S/C7H3Cl2NO3S/c8-5-1-4(3-10)7(6(11)2-5)14(9,12)13/h1-2,11H. The van der Waals surface area contributed by atoms with Gasteiger partial charge in [-0.1, -0.05) is 11.6 Å². The molecule has 0 aliphatic rings. The molecular formula is C7H3Cl2NO3S. The van der Waals surface area contributed by atoms with E-state index in [0.717, 1.165) is 12.1 Å². The van der Waals surface area contributed by atoms with E-state index in [1.807, 2.05) is 0 Å². The average Bonchev–Trinajstić information content (AvgIpc) is 1.99. The summed E-state index contributed by atoms with van der Waals surface area (Å²) in [6.07, 6.45) is 0. The summed E-state index contributed by atoms with van der Waals surface area (Å²) in [6.45, 7) is 0. The van der Waals surface area contributed by atoms with Gasteiger partial charge in [-0.25, -0.2) is 8.42 Å². The molecule has 7 heteroatoms. The number of benzene rings is 1. The maximum atomic E-state index is 11.0. The summed E-state index contributed by atoms with van der Waals surface area (Å²) in [7, 11) is 0.866. The molecule has 1 aromatic rings. The summed E-state index contributed by atoms with van der Waals surface area (Å²) in [5.74, 6) is -0.635. The number of phenolic OH excluding ortho intramolecular Hbond substituents is 1. The highest BCUT2D eigenvalue weighted by molar-refractivity contribution is 8.13. The van der Waals surface area contributed by atoms with Gasteiger partial charge >= 0.3 is 0 Å². The average molecular weight is 252 g/mol. The molecule has 0 fully saturated rings. The summed E-state index contributed by atoms with van der Waals surface area (Å²) < 4.78 is 21.9. The van der Waals surface area contributed by atoms with Gasteiger partial charge in [-0.3, -0.25) is 0 Å². The zero-order valence-corrected chi connectivity index (χ0v) is 8.86. The third-order valence-corrected chi connectivity index (χ3v) is 3.00. The van der Waals surface area contributed by atoms with Gasteiger partial charge in [0.2, 0.25) is 0 Å². The molecular weight excluding hydrogens is 249 g/mol. The van der Waals surface area contributed by atoms with E-state index in [2.05, 4.69) is 0 Å². The predicted octanol–water partition coefficient (Wildman–Crippen LogP) is 1.84. The number of phenols is 1. The van der Waals surface area contributed by atoms with E-state index >= 15 is 0 Å². The first kappa shape index (κ1) is 11.1. The highest BCUT2D eigenvalue weighted by Gasteiger charge is 2.21. The molecule has 0 atom stereocenters. The molecule has 1 N–H and O–H groups in total. The lowest BCUT2D eigenvalue weighted by molar-refractivity contribution is 0.459. The van der Waals surface area contributed by atoms with Crippen LogP contribution in [0.1, 0.15) is 5.56 Å². The monoisotopic (exact) mass is 251 g/mol. The van der Waals surface area contributed by atoms with Crippen LogP contribution in [0.3, 0.4) is 0 Å². The van der Waals surface area contributed by atoms with Crippen molar-refractivity contribution in [3.8, 4) is 11.8 Å². The maximum absolute atomic E-state index is 11.0. The first-order chi connectivity index (χ1) is 6.36. The SMILES string of the molecule is N#Cc1cc(Cl)cc(O)c1S(=O)(=O)Cl. The van der Waals surface area contributed by atoms with Crippen molar-refractivity contribution in [2.45, 2.75) is 4.90 Å². The van der Waals surface area contributed by atoms with Crippen LogP contribution in [-0.4, -0.2) is 13.5 Å². The highest BCUT2D eigenvalue weighted by Crippen LogP contribution is 2.32. The minimum atomic E-state index is -4.15. The van der Waals surface area contributed by atoms with Crippen molar-refractivity contribution in [2.24, 2.45) is 0 Å². The molecule has 0 amide bonds. The second-order valence-electron chi connectivity index (χ2n) is 2.35. The van der Waals surface area contributed by atoms with Crippen molar-refractivity contribution >= 4 is 31.3 Å². The summed E-state index contributed by atoms with van der Waals surface area (Å²) in [4.78, 5) is -0.619. The number of nitriles is 1. The molecule has 4 nitrogen and oxygen atoms in total. The molecule has 0 aromatic heterocycles. The molecule has 14 heavy (non-hydrogen) atoms. The minimum absolute atomic E-state index is 0.0584. The summed E-state index contributed by atoms with van der Waals surface area (Å²) in [5, 5.41) is 17.9. The fourth-order valence-electron chi connectivity index (χ4n) is 0.919. The molecule has 0 radical (unpaired) electrons. The molecule has 0 aliphatic carbocycles. The van der Waals surface area contributed by atoms with Gasteiger partial charge in [0, 0.05) is 15.7 Å². The van der Waals surface area contributed by atoms with Gasteiger partial charge in [0.15, 0.2) is 0 Å². The topological polar surface area (TPSA) is 78.2 Å². The highest BCUT2D eigenvalue weighted by atomic mass is 35.7. The smallest absolute Gasteiger partial charge is 0.266 e. The third-order valence-electron chi connectivity index (χ3n) is 1.40. The lowest BCUT2D eigenvalue weighted by Gasteiger charge is -2.02. The van der Waals surface area contributed by atoms with Gasteiger partial charge in [-0.15, -0.1) is 0 Å². The Kier molecular flexibility index (Phi) is 2.90. The number of rotatable bonds is 1. The number of hydrogen-bond donors (Lipinski definition) is 1. The van der Waals surface area contributed by atoms with Crippen LogP contribution in [0.2, 0.25) is 5.02 Å². The number of nitrogens with zero attached hydrogens (tertiary/aromatic N) is 1. The largest absolute Gasteiger partial charge is 0.506 e. The molecule has 0 heterocycles. The van der Waals surface area contributed by atoms with E-state index < -0.39 is 19.7 Å². The Bertz CT molecular complexity index is 518. The molecule has 1 aromatic carbocycles. The normalized spacial score (nSPS) is 10.9. The summed E-state index contributed by atoms with van der Waals surface area (Å²) in [6, 6.07) is 3.68. The van der Waals surface area contributed by atoms with Crippen molar-refractivity contribution in [3.63, 3.8) is 0 Å². The number of aromatic hydroxyl groups is 1. The second kappa shape index (κ2) is 3.65. The third kappa shape index (κ3) is 2.10. The van der Waals surface area contributed by atoms with Gasteiger partial charge in [-0.05, 0) is 12.1 Å². The van der Waals surface area contributed by atoms with Crippen LogP contribution in [-0.2, 0) is 9.05 Å². The molecule has 0 spiro atoms. The van der Waals surface area contributed by atoms with Crippen molar-refractivity contribution in [2.75, 3.05) is 0 Å². The van der Waals surface area contributed by atoms with E-state index in [1.165, 1.54) is 0 Å². The first-order valence-electron chi connectivity index (χ1n) is 3.23. The van der Waals surface area contributed by atoms with E-state index in [1.54, 1.807) is 6.07 Å². The molecule has 0 aliphatic heterocycles. The van der Waals surface area contributed by atoms with Crippen LogP contribution in [0, 0.1) is 11.3 Å². The number of halogens is 2. The number of hydrogen-bond acceptors (Lipinski definition) is 4. The van der Waals surface area contributed by atoms with E-state index in [9.17, 15) is 13.5 Å². The van der Waals surface area contributed by atoms with Crippen LogP contribution in [0.15, 0.2) is 17.0 Å². The van der Waals surface area contributed by atoms with Crippen molar-refractivity contribution in [1.29, 1.82) is 5.26 Å². The van der Waals surface area contributed by atoms with Gasteiger partial charge < -0.3 is 5.11 Å². The Hall–Kier alpha value is -0.960. The van der Waals surface area contributed by atoms with E-state index in [-0.39, 0.29) is 10.6 Å². The lowest BCUT2D eigenvalue weighted by Crippen LogP contribution is -1.95. The molecule has 1 rings (SSSR count). The summed E-state index contributed by atoms with van der Waals surface area (Å²) >= 11 is 5.50. The van der Waals surface area contributed by atoms with Gasteiger partial charge in [0.25, 0.3) is 9.05 Å². The Morgan fingerprint density at radius 1 is 1.43 bits per heavy atom. The Balaban J connectivity index is 3.68. The molecule has 0 bridgehead atoms. The van der Waals surface area contributed by atoms with Gasteiger partial charge in [0.1, 0.15) is 16.7 Å². The van der Waals surface area contributed by atoms with Crippen LogP contribution in [0.25, 0.3) is 0 Å². The fraction of sp³-hybridized carbons (Fsp3) is 0. The Labute approximate surface area is 89.7 Å².